The van der Waals surface area contributed by atoms with Crippen molar-refractivity contribution in [2.45, 2.75) is 70.0 Å². The lowest BCUT2D eigenvalue weighted by atomic mass is 9.53. The second-order valence-corrected chi connectivity index (χ2v) is 11.2. The summed E-state index contributed by atoms with van der Waals surface area (Å²) >= 11 is 0. The second kappa shape index (κ2) is 8.27. The molecule has 1 N–H and O–H groups in total. The smallest absolute Gasteiger partial charge is 0.234 e. The first-order valence-electron chi connectivity index (χ1n) is 12.3. The lowest BCUT2D eigenvalue weighted by Gasteiger charge is -2.57. The maximum absolute atomic E-state index is 13.0. The lowest BCUT2D eigenvalue weighted by molar-refractivity contribution is -0.128. The van der Waals surface area contributed by atoms with Crippen LogP contribution < -0.4 is 5.32 Å². The van der Waals surface area contributed by atoms with Crippen LogP contribution in [-0.2, 0) is 11.3 Å². The first-order chi connectivity index (χ1) is 14.5. The van der Waals surface area contributed by atoms with Crippen LogP contribution in [0.4, 0.5) is 0 Å². The van der Waals surface area contributed by atoms with Crippen molar-refractivity contribution >= 4 is 5.91 Å². The van der Waals surface area contributed by atoms with Gasteiger partial charge in [0, 0.05) is 24.7 Å². The Morgan fingerprint density at radius 3 is 2.33 bits per heavy atom. The molecule has 1 heterocycles. The predicted octanol–water partition coefficient (Wildman–Crippen LogP) is 3.91. The summed E-state index contributed by atoms with van der Waals surface area (Å²) in [4.78, 5) is 17.9. The number of hydrogen-bond acceptors (Lipinski definition) is 3. The predicted molar refractivity (Wildman–Crippen MR) is 121 cm³/mol. The number of carbonyl (C=O) groups excluding carboxylic acids is 1. The average molecular weight is 410 g/mol. The van der Waals surface area contributed by atoms with Crippen molar-refractivity contribution in [3.63, 3.8) is 0 Å². The lowest BCUT2D eigenvalue weighted by Crippen LogP contribution is -2.61. The van der Waals surface area contributed by atoms with Crippen molar-refractivity contribution < 1.29 is 4.79 Å². The molecular formula is C26H39N3O. The van der Waals surface area contributed by atoms with Gasteiger partial charge in [-0.1, -0.05) is 37.3 Å². The van der Waals surface area contributed by atoms with Crippen molar-refractivity contribution in [1.29, 1.82) is 0 Å². The monoisotopic (exact) mass is 409 g/mol. The van der Waals surface area contributed by atoms with Gasteiger partial charge in [0.05, 0.1) is 6.54 Å². The van der Waals surface area contributed by atoms with Gasteiger partial charge in [-0.05, 0) is 87.8 Å². The fourth-order valence-corrected chi connectivity index (χ4v) is 7.80. The average Bonchev–Trinajstić information content (AvgIpc) is 2.67. The molecule has 4 saturated carbocycles. The van der Waals surface area contributed by atoms with E-state index in [1.54, 1.807) is 0 Å². The van der Waals surface area contributed by atoms with Gasteiger partial charge in [-0.3, -0.25) is 14.6 Å². The molecule has 4 bridgehead atoms. The minimum atomic E-state index is 0.136. The van der Waals surface area contributed by atoms with E-state index in [1.807, 2.05) is 0 Å². The topological polar surface area (TPSA) is 35.6 Å². The van der Waals surface area contributed by atoms with Gasteiger partial charge in [0.1, 0.15) is 0 Å². The first kappa shape index (κ1) is 20.5. The van der Waals surface area contributed by atoms with Crippen LogP contribution in [0.1, 0.15) is 57.4 Å². The van der Waals surface area contributed by atoms with E-state index in [4.69, 9.17) is 0 Å². The molecule has 0 unspecified atom stereocenters. The Bertz CT molecular complexity index is 713. The fraction of sp³-hybridized carbons (Fsp3) is 0.731. The molecule has 5 fully saturated rings. The summed E-state index contributed by atoms with van der Waals surface area (Å²) in [6.45, 7) is 6.17. The molecule has 1 saturated heterocycles. The van der Waals surface area contributed by atoms with Crippen LogP contribution in [0.2, 0.25) is 0 Å². The van der Waals surface area contributed by atoms with E-state index in [0.717, 1.165) is 43.8 Å². The van der Waals surface area contributed by atoms with Gasteiger partial charge in [-0.2, -0.15) is 0 Å². The molecule has 0 radical (unpaired) electrons. The summed E-state index contributed by atoms with van der Waals surface area (Å²) in [5.74, 6) is 3.48. The third-order valence-electron chi connectivity index (χ3n) is 8.60. The normalized spacial score (nSPS) is 38.2. The largest absolute Gasteiger partial charge is 0.350 e. The third-order valence-corrected chi connectivity index (χ3v) is 8.60. The van der Waals surface area contributed by atoms with Crippen LogP contribution in [0.25, 0.3) is 0 Å². The van der Waals surface area contributed by atoms with E-state index in [9.17, 15) is 4.79 Å². The summed E-state index contributed by atoms with van der Waals surface area (Å²) in [7, 11) is 2.16. The standard InChI is InChI=1S/C26H39N3O/c1-19-16-29(17-20-6-4-3-5-7-20)9-8-24(19)28(2)18-25(30)27-26-13-21-10-22(14-26)12-23(11-21)15-26/h3-7,19,21-24H,8-18H2,1-2H3,(H,27,30)/t19-,21?,22?,23?,24-,26?/m1/s1. The molecule has 164 valence electrons. The van der Waals surface area contributed by atoms with Gasteiger partial charge in [-0.25, -0.2) is 0 Å². The number of hydrogen-bond donors (Lipinski definition) is 1. The van der Waals surface area contributed by atoms with Crippen LogP contribution in [0.3, 0.4) is 0 Å². The molecule has 0 spiro atoms. The molecule has 1 aromatic rings. The molecule has 4 heteroatoms. The fourth-order valence-electron chi connectivity index (χ4n) is 7.80. The zero-order valence-electron chi connectivity index (χ0n) is 18.9. The number of nitrogens with one attached hydrogen (secondary N) is 1. The van der Waals surface area contributed by atoms with Crippen molar-refractivity contribution in [3.05, 3.63) is 35.9 Å². The van der Waals surface area contributed by atoms with Crippen molar-refractivity contribution in [3.8, 4) is 0 Å². The van der Waals surface area contributed by atoms with Gasteiger partial charge >= 0.3 is 0 Å². The number of amides is 1. The third kappa shape index (κ3) is 4.31. The number of carbonyl (C=O) groups is 1. The molecule has 1 amide bonds. The van der Waals surface area contributed by atoms with E-state index < -0.39 is 0 Å². The number of nitrogens with zero attached hydrogens (tertiary/aromatic N) is 2. The van der Waals surface area contributed by atoms with Gasteiger partial charge in [0.15, 0.2) is 0 Å². The number of likely N-dealkylation sites (tertiary alicyclic amines) is 1. The number of piperidine rings is 1. The number of likely N-dealkylation sites (N-methyl/N-ethyl adjacent to an activating group) is 1. The van der Waals surface area contributed by atoms with Gasteiger partial charge in [0.2, 0.25) is 5.91 Å². The highest BCUT2D eigenvalue weighted by Crippen LogP contribution is 2.55. The zero-order valence-corrected chi connectivity index (χ0v) is 18.9. The SMILES string of the molecule is C[C@@H]1CN(Cc2ccccc2)CC[C@H]1N(C)CC(=O)NC12CC3CC(CC(C3)C1)C2. The van der Waals surface area contributed by atoms with E-state index in [2.05, 4.69) is 59.4 Å². The second-order valence-electron chi connectivity index (χ2n) is 11.2. The highest BCUT2D eigenvalue weighted by atomic mass is 16.2. The van der Waals surface area contributed by atoms with E-state index in [1.165, 1.54) is 44.1 Å². The zero-order chi connectivity index (χ0) is 20.7. The Labute approximate surface area is 182 Å². The van der Waals surface area contributed by atoms with Crippen LogP contribution >= 0.6 is 0 Å². The molecule has 4 aliphatic carbocycles. The van der Waals surface area contributed by atoms with Crippen molar-refractivity contribution in [2.75, 3.05) is 26.7 Å². The molecular weight excluding hydrogens is 370 g/mol. The van der Waals surface area contributed by atoms with Gasteiger partial charge < -0.3 is 5.32 Å². The summed E-state index contributed by atoms with van der Waals surface area (Å²) in [5.41, 5.74) is 1.53. The molecule has 30 heavy (non-hydrogen) atoms. The minimum absolute atomic E-state index is 0.136. The molecule has 2 atom stereocenters. The molecule has 0 aromatic heterocycles. The Hall–Kier alpha value is -1.39. The Morgan fingerprint density at radius 2 is 1.73 bits per heavy atom. The first-order valence-corrected chi connectivity index (χ1v) is 12.3. The highest BCUT2D eigenvalue weighted by molar-refractivity contribution is 5.79. The maximum Gasteiger partial charge on any atom is 0.234 e. The van der Waals surface area contributed by atoms with E-state index >= 15 is 0 Å². The molecule has 1 aromatic carbocycles. The summed E-state index contributed by atoms with van der Waals surface area (Å²) in [6.07, 6.45) is 9.14. The van der Waals surface area contributed by atoms with Gasteiger partial charge in [0.25, 0.3) is 0 Å². The quantitative estimate of drug-likeness (QED) is 0.774. The molecule has 4 nitrogen and oxygen atoms in total. The van der Waals surface area contributed by atoms with Crippen molar-refractivity contribution in [2.24, 2.45) is 23.7 Å². The van der Waals surface area contributed by atoms with E-state index in [0.29, 0.717) is 18.5 Å². The molecule has 6 rings (SSSR count). The minimum Gasteiger partial charge on any atom is -0.350 e. The van der Waals surface area contributed by atoms with Crippen LogP contribution in [-0.4, -0.2) is 54.0 Å². The van der Waals surface area contributed by atoms with E-state index in [-0.39, 0.29) is 11.4 Å². The van der Waals surface area contributed by atoms with Crippen LogP contribution in [0, 0.1) is 23.7 Å². The Balaban J connectivity index is 1.12. The van der Waals surface area contributed by atoms with Gasteiger partial charge in [-0.15, -0.1) is 0 Å². The summed E-state index contributed by atoms with van der Waals surface area (Å²) in [5, 5.41) is 3.56. The van der Waals surface area contributed by atoms with Crippen LogP contribution in [0.5, 0.6) is 0 Å². The Morgan fingerprint density at radius 1 is 1.10 bits per heavy atom. The molecule has 1 aliphatic heterocycles. The maximum atomic E-state index is 13.0. The van der Waals surface area contributed by atoms with Crippen molar-refractivity contribution in [1.82, 2.24) is 15.1 Å². The summed E-state index contributed by atoms with van der Waals surface area (Å²) in [6, 6.07) is 11.3. The molecule has 5 aliphatic rings. The number of rotatable bonds is 6. The van der Waals surface area contributed by atoms with Crippen LogP contribution in [0.15, 0.2) is 30.3 Å². The number of benzene rings is 1. The Kier molecular flexibility index (Phi) is 5.66. The summed E-state index contributed by atoms with van der Waals surface area (Å²) < 4.78 is 0. The highest BCUT2D eigenvalue weighted by Gasteiger charge is 2.51.